The van der Waals surface area contributed by atoms with Gasteiger partial charge in [-0.15, -0.1) is 11.3 Å². The van der Waals surface area contributed by atoms with Crippen molar-refractivity contribution in [2.75, 3.05) is 4.90 Å². The van der Waals surface area contributed by atoms with Gasteiger partial charge in [0, 0.05) is 43.8 Å². The van der Waals surface area contributed by atoms with Crippen molar-refractivity contribution in [2.24, 2.45) is 0 Å². The van der Waals surface area contributed by atoms with Gasteiger partial charge < -0.3 is 9.47 Å². The van der Waals surface area contributed by atoms with Crippen LogP contribution in [0.5, 0.6) is 0 Å². The summed E-state index contributed by atoms with van der Waals surface area (Å²) in [4.78, 5) is 3.72. The lowest BCUT2D eigenvalue weighted by atomic mass is 9.82. The summed E-state index contributed by atoms with van der Waals surface area (Å²) in [5.41, 5.74) is 20.5. The van der Waals surface area contributed by atoms with Crippen LogP contribution in [0, 0.1) is 6.92 Å². The molecule has 0 aliphatic heterocycles. The Bertz CT molecular complexity index is 3030. The monoisotopic (exact) mass is 738 g/mol. The zero-order valence-corrected chi connectivity index (χ0v) is 33.2. The quantitative estimate of drug-likeness (QED) is 0.171. The second kappa shape index (κ2) is 11.9. The molecule has 0 bridgehead atoms. The normalized spacial score (nSPS) is 14.4. The fourth-order valence-corrected chi connectivity index (χ4v) is 10.9. The Balaban J connectivity index is 0.986. The summed E-state index contributed by atoms with van der Waals surface area (Å²) in [5.74, 6) is 0. The number of aryl methyl sites for hydroxylation is 1. The van der Waals surface area contributed by atoms with E-state index in [-0.39, 0.29) is 10.8 Å². The molecule has 0 N–H and O–H groups in total. The number of thiophene rings is 1. The van der Waals surface area contributed by atoms with E-state index < -0.39 is 0 Å². The molecule has 7 aromatic carbocycles. The van der Waals surface area contributed by atoms with Crippen LogP contribution in [0.25, 0.3) is 60.2 Å². The van der Waals surface area contributed by atoms with Crippen LogP contribution < -0.4 is 4.90 Å². The van der Waals surface area contributed by atoms with E-state index in [4.69, 9.17) is 0 Å². The predicted octanol–water partition coefficient (Wildman–Crippen LogP) is 14.9. The lowest BCUT2D eigenvalue weighted by Gasteiger charge is -2.28. The molecule has 0 unspecified atom stereocenters. The topological polar surface area (TPSA) is 8.17 Å². The standard InChI is InChI=1S/C53H42N2S/c1-33-29-50-51(56-33)44-30-35(21-28-49(44)55(50)39-25-27-43-41-16-10-12-18-46(41)53(4,5)48(43)32-39)34-19-22-37(23-20-34)54(36-13-7-6-8-14-36)38-24-26-42-40-15-9-11-17-45(40)52(2,3)47(42)31-38/h6-32H,1-5H3. The van der Waals surface area contributed by atoms with Gasteiger partial charge in [0.1, 0.15) is 0 Å². The van der Waals surface area contributed by atoms with Crippen molar-refractivity contribution in [1.29, 1.82) is 0 Å². The average Bonchev–Trinajstić information content (AvgIpc) is 3.89. The Labute approximate surface area is 332 Å². The number of hydrogen-bond acceptors (Lipinski definition) is 2. The van der Waals surface area contributed by atoms with Crippen LogP contribution in [0.4, 0.5) is 17.1 Å². The van der Waals surface area contributed by atoms with Crippen molar-refractivity contribution < 1.29 is 0 Å². The van der Waals surface area contributed by atoms with Gasteiger partial charge in [-0.05, 0) is 129 Å². The molecule has 0 fully saturated rings. The largest absolute Gasteiger partial charge is 0.310 e. The Kier molecular flexibility index (Phi) is 7.07. The van der Waals surface area contributed by atoms with Crippen LogP contribution >= 0.6 is 11.3 Å². The van der Waals surface area contributed by atoms with Gasteiger partial charge >= 0.3 is 0 Å². The summed E-state index contributed by atoms with van der Waals surface area (Å²) >= 11 is 1.89. The predicted molar refractivity (Wildman–Crippen MR) is 239 cm³/mol. The lowest BCUT2D eigenvalue weighted by molar-refractivity contribution is 0.660. The number of benzene rings is 7. The summed E-state index contributed by atoms with van der Waals surface area (Å²) in [5, 5.41) is 1.30. The lowest BCUT2D eigenvalue weighted by Crippen LogP contribution is -2.16. The maximum absolute atomic E-state index is 2.48. The molecule has 0 amide bonds. The first-order valence-corrected chi connectivity index (χ1v) is 20.5. The molecule has 2 nitrogen and oxygen atoms in total. The highest BCUT2D eigenvalue weighted by molar-refractivity contribution is 7.20. The van der Waals surface area contributed by atoms with Crippen molar-refractivity contribution in [3.63, 3.8) is 0 Å². The van der Waals surface area contributed by atoms with Gasteiger partial charge in [0.05, 0.1) is 15.7 Å². The Morgan fingerprint density at radius 3 is 1.70 bits per heavy atom. The molecule has 3 heteroatoms. The van der Waals surface area contributed by atoms with Gasteiger partial charge in [-0.3, -0.25) is 0 Å². The average molecular weight is 739 g/mol. The first-order valence-electron chi connectivity index (χ1n) is 19.7. The van der Waals surface area contributed by atoms with E-state index in [0.29, 0.717) is 0 Å². The second-order valence-electron chi connectivity index (χ2n) is 16.7. The Morgan fingerprint density at radius 1 is 0.446 bits per heavy atom. The van der Waals surface area contributed by atoms with Crippen molar-refractivity contribution >= 4 is 49.5 Å². The molecular formula is C53H42N2S. The fraction of sp³-hybridized carbons (Fsp3) is 0.132. The number of aromatic nitrogens is 1. The van der Waals surface area contributed by atoms with Crippen LogP contribution in [0.3, 0.4) is 0 Å². The summed E-state index contributed by atoms with van der Waals surface area (Å²) in [7, 11) is 0. The van der Waals surface area contributed by atoms with Crippen molar-refractivity contribution in [1.82, 2.24) is 4.57 Å². The Hall–Kier alpha value is -6.16. The first kappa shape index (κ1) is 33.2. The second-order valence-corrected chi connectivity index (χ2v) is 17.9. The number of nitrogens with zero attached hydrogens (tertiary/aromatic N) is 2. The maximum atomic E-state index is 2.48. The van der Waals surface area contributed by atoms with Crippen molar-refractivity contribution in [3.8, 4) is 39.1 Å². The molecule has 0 radical (unpaired) electrons. The molecule has 0 saturated heterocycles. The highest BCUT2D eigenvalue weighted by atomic mass is 32.1. The third-order valence-electron chi connectivity index (χ3n) is 12.7. The molecule has 2 aliphatic carbocycles. The van der Waals surface area contributed by atoms with Crippen molar-refractivity contribution in [3.05, 3.63) is 191 Å². The van der Waals surface area contributed by atoms with E-state index in [1.165, 1.54) is 93.0 Å². The molecule has 0 atom stereocenters. The van der Waals surface area contributed by atoms with Gasteiger partial charge in [-0.2, -0.15) is 0 Å². The minimum Gasteiger partial charge on any atom is -0.310 e. The van der Waals surface area contributed by atoms with Gasteiger partial charge in [0.15, 0.2) is 0 Å². The van der Waals surface area contributed by atoms with E-state index in [1.54, 1.807) is 0 Å². The van der Waals surface area contributed by atoms with Gasteiger partial charge in [0.2, 0.25) is 0 Å². The van der Waals surface area contributed by atoms with E-state index in [2.05, 4.69) is 208 Å². The third kappa shape index (κ3) is 4.74. The molecule has 9 aromatic rings. The van der Waals surface area contributed by atoms with Crippen LogP contribution in [-0.4, -0.2) is 4.57 Å². The fourth-order valence-electron chi connectivity index (χ4n) is 9.85. The van der Waals surface area contributed by atoms with Crippen molar-refractivity contribution in [2.45, 2.75) is 45.4 Å². The molecule has 0 spiro atoms. The maximum Gasteiger partial charge on any atom is 0.0651 e. The SMILES string of the molecule is Cc1cc2c(s1)c1cc(-c3ccc(N(c4ccccc4)c4ccc5c(c4)C(C)(C)c4ccccc4-5)cc3)ccc1n2-c1ccc2c(c1)C(C)(C)c1ccccc1-2. The molecule has 0 saturated carbocycles. The number of hydrogen-bond donors (Lipinski definition) is 0. The molecular weight excluding hydrogens is 697 g/mol. The highest BCUT2D eigenvalue weighted by Crippen LogP contribution is 2.52. The van der Waals surface area contributed by atoms with E-state index in [9.17, 15) is 0 Å². The summed E-state index contributed by atoms with van der Waals surface area (Å²) in [6.07, 6.45) is 0. The van der Waals surface area contributed by atoms with Crippen LogP contribution in [-0.2, 0) is 10.8 Å². The molecule has 2 heterocycles. The first-order chi connectivity index (χ1) is 27.2. The molecule has 2 aromatic heterocycles. The van der Waals surface area contributed by atoms with E-state index in [1.807, 2.05) is 11.3 Å². The smallest absolute Gasteiger partial charge is 0.0651 e. The van der Waals surface area contributed by atoms with Crippen LogP contribution in [0.1, 0.15) is 54.8 Å². The van der Waals surface area contributed by atoms with Gasteiger partial charge in [-0.25, -0.2) is 0 Å². The zero-order chi connectivity index (χ0) is 37.9. The molecule has 56 heavy (non-hydrogen) atoms. The number of fused-ring (bicyclic) bond motifs is 9. The third-order valence-corrected chi connectivity index (χ3v) is 13.8. The molecule has 11 rings (SSSR count). The minimum atomic E-state index is -0.0682. The van der Waals surface area contributed by atoms with Crippen LogP contribution in [0.2, 0.25) is 0 Å². The van der Waals surface area contributed by atoms with Gasteiger partial charge in [0.25, 0.3) is 0 Å². The molecule has 270 valence electrons. The number of para-hydroxylation sites is 1. The Morgan fingerprint density at radius 2 is 1.00 bits per heavy atom. The highest BCUT2D eigenvalue weighted by Gasteiger charge is 2.37. The minimum absolute atomic E-state index is 0.0486. The summed E-state index contributed by atoms with van der Waals surface area (Å²) < 4.78 is 3.82. The van der Waals surface area contributed by atoms with Crippen LogP contribution in [0.15, 0.2) is 164 Å². The zero-order valence-electron chi connectivity index (χ0n) is 32.4. The number of rotatable bonds is 5. The van der Waals surface area contributed by atoms with Gasteiger partial charge in [-0.1, -0.05) is 125 Å². The molecule has 2 aliphatic rings. The van der Waals surface area contributed by atoms with E-state index >= 15 is 0 Å². The summed E-state index contributed by atoms with van der Waals surface area (Å²) in [6.45, 7) is 11.7. The number of anilines is 3. The van der Waals surface area contributed by atoms with E-state index in [0.717, 1.165) is 11.4 Å². The summed E-state index contributed by atoms with van der Waals surface area (Å²) in [6, 6.07) is 61.1.